The predicted octanol–water partition coefficient (Wildman–Crippen LogP) is 0.0781. The molecule has 1 aromatic heterocycles. The van der Waals surface area contributed by atoms with E-state index in [1.54, 1.807) is 0 Å². The lowest BCUT2D eigenvalue weighted by atomic mass is 10.0. The SMILES string of the molecule is O=C(O)c1nc(CCO)n2c1CCCC2C(=O)O. The largest absolute Gasteiger partial charge is 0.480 e. The molecule has 1 aliphatic rings. The van der Waals surface area contributed by atoms with Gasteiger partial charge in [0.05, 0.1) is 12.3 Å². The molecule has 2 heterocycles. The third-order valence-corrected chi connectivity index (χ3v) is 3.11. The maximum absolute atomic E-state index is 11.2. The fourth-order valence-electron chi connectivity index (χ4n) is 2.40. The van der Waals surface area contributed by atoms with Crippen LogP contribution in [0.3, 0.4) is 0 Å². The molecule has 7 heteroatoms. The molecule has 1 unspecified atom stereocenters. The van der Waals surface area contributed by atoms with Crippen molar-refractivity contribution in [3.8, 4) is 0 Å². The quantitative estimate of drug-likeness (QED) is 0.701. The molecule has 3 N–H and O–H groups in total. The number of fused-ring (bicyclic) bond motifs is 1. The Balaban J connectivity index is 2.56. The molecule has 0 saturated heterocycles. The van der Waals surface area contributed by atoms with E-state index in [-0.39, 0.29) is 18.7 Å². The fraction of sp³-hybridized carbons (Fsp3) is 0.545. The average molecular weight is 254 g/mol. The zero-order valence-electron chi connectivity index (χ0n) is 9.67. The van der Waals surface area contributed by atoms with Crippen LogP contribution in [0.4, 0.5) is 0 Å². The first-order valence-electron chi connectivity index (χ1n) is 5.73. The topological polar surface area (TPSA) is 113 Å². The van der Waals surface area contributed by atoms with E-state index in [0.717, 1.165) is 0 Å². The van der Waals surface area contributed by atoms with Crippen LogP contribution in [0.1, 0.15) is 40.9 Å². The van der Waals surface area contributed by atoms with E-state index in [1.165, 1.54) is 4.57 Å². The number of carboxylic acid groups (broad SMARTS) is 2. The molecule has 18 heavy (non-hydrogen) atoms. The number of aliphatic hydroxyl groups excluding tert-OH is 1. The maximum atomic E-state index is 11.2. The summed E-state index contributed by atoms with van der Waals surface area (Å²) >= 11 is 0. The smallest absolute Gasteiger partial charge is 0.356 e. The van der Waals surface area contributed by atoms with E-state index in [1.807, 2.05) is 0 Å². The summed E-state index contributed by atoms with van der Waals surface area (Å²) in [6.45, 7) is -0.193. The van der Waals surface area contributed by atoms with Gasteiger partial charge >= 0.3 is 11.9 Å². The van der Waals surface area contributed by atoms with Crippen molar-refractivity contribution in [2.75, 3.05) is 6.61 Å². The summed E-state index contributed by atoms with van der Waals surface area (Å²) in [5.74, 6) is -1.82. The van der Waals surface area contributed by atoms with Gasteiger partial charge in [-0.05, 0) is 19.3 Å². The summed E-state index contributed by atoms with van der Waals surface area (Å²) in [7, 11) is 0. The standard InChI is InChI=1S/C11H14N2O5/c14-5-4-8-12-9(11(17)18)6-2-1-3-7(10(15)16)13(6)8/h7,14H,1-5H2,(H,15,16)(H,17,18). The number of aromatic nitrogens is 2. The number of carboxylic acids is 2. The number of carbonyl (C=O) groups is 2. The molecule has 0 aliphatic carbocycles. The van der Waals surface area contributed by atoms with Crippen LogP contribution in [0.15, 0.2) is 0 Å². The summed E-state index contributed by atoms with van der Waals surface area (Å²) in [5.41, 5.74) is 0.356. The zero-order valence-corrected chi connectivity index (χ0v) is 9.67. The molecule has 0 amide bonds. The second-order valence-corrected chi connectivity index (χ2v) is 4.22. The molecule has 1 aromatic rings. The number of rotatable bonds is 4. The average Bonchev–Trinajstić information content (AvgIpc) is 2.69. The molecule has 0 bridgehead atoms. The van der Waals surface area contributed by atoms with E-state index in [0.29, 0.717) is 30.8 Å². The van der Waals surface area contributed by atoms with Gasteiger partial charge in [0.1, 0.15) is 11.9 Å². The van der Waals surface area contributed by atoms with Crippen LogP contribution in [0.5, 0.6) is 0 Å². The second-order valence-electron chi connectivity index (χ2n) is 4.22. The summed E-state index contributed by atoms with van der Waals surface area (Å²) in [5, 5.41) is 27.2. The van der Waals surface area contributed by atoms with Gasteiger partial charge in [-0.25, -0.2) is 14.6 Å². The van der Waals surface area contributed by atoms with E-state index >= 15 is 0 Å². The van der Waals surface area contributed by atoms with Gasteiger partial charge in [0.2, 0.25) is 0 Å². The van der Waals surface area contributed by atoms with Crippen LogP contribution in [-0.2, 0) is 17.6 Å². The first-order valence-corrected chi connectivity index (χ1v) is 5.73. The van der Waals surface area contributed by atoms with Crippen molar-refractivity contribution in [2.45, 2.75) is 31.7 Å². The van der Waals surface area contributed by atoms with Gasteiger partial charge in [0.25, 0.3) is 0 Å². The van der Waals surface area contributed by atoms with Gasteiger partial charge in [-0.15, -0.1) is 0 Å². The molecule has 0 fully saturated rings. The highest BCUT2D eigenvalue weighted by atomic mass is 16.4. The number of aromatic carboxylic acids is 1. The molecule has 0 saturated carbocycles. The van der Waals surface area contributed by atoms with Gasteiger partial charge in [-0.3, -0.25) is 0 Å². The van der Waals surface area contributed by atoms with Gasteiger partial charge in [-0.2, -0.15) is 0 Å². The van der Waals surface area contributed by atoms with Crippen molar-refractivity contribution in [1.29, 1.82) is 0 Å². The Morgan fingerprint density at radius 3 is 2.67 bits per heavy atom. The first kappa shape index (κ1) is 12.6. The molecule has 98 valence electrons. The minimum atomic E-state index is -1.16. The summed E-state index contributed by atoms with van der Waals surface area (Å²) in [6, 6.07) is -0.782. The lowest BCUT2D eigenvalue weighted by Gasteiger charge is -2.24. The monoisotopic (exact) mass is 254 g/mol. The van der Waals surface area contributed by atoms with Gasteiger partial charge < -0.3 is 19.9 Å². The Labute approximate surface area is 103 Å². The van der Waals surface area contributed by atoms with Crippen LogP contribution in [-0.4, -0.2) is 43.4 Å². The van der Waals surface area contributed by atoms with Crippen molar-refractivity contribution in [2.24, 2.45) is 0 Å². The lowest BCUT2D eigenvalue weighted by molar-refractivity contribution is -0.141. The minimum Gasteiger partial charge on any atom is -0.480 e. The predicted molar refractivity (Wildman–Crippen MR) is 59.6 cm³/mol. The number of nitrogens with zero attached hydrogens (tertiary/aromatic N) is 2. The van der Waals surface area contributed by atoms with Gasteiger partial charge in [0.15, 0.2) is 5.69 Å². The number of hydrogen-bond acceptors (Lipinski definition) is 4. The Bertz CT molecular complexity index is 494. The first-order chi connectivity index (χ1) is 8.56. The van der Waals surface area contributed by atoms with E-state index in [4.69, 9.17) is 15.3 Å². The third kappa shape index (κ3) is 1.97. The second kappa shape index (κ2) is 4.77. The van der Waals surface area contributed by atoms with Crippen molar-refractivity contribution >= 4 is 11.9 Å². The van der Waals surface area contributed by atoms with Gasteiger partial charge in [0, 0.05) is 6.42 Å². The van der Waals surface area contributed by atoms with E-state index < -0.39 is 18.0 Å². The molecule has 1 atom stereocenters. The van der Waals surface area contributed by atoms with Crippen molar-refractivity contribution < 1.29 is 24.9 Å². The maximum Gasteiger partial charge on any atom is 0.356 e. The summed E-state index contributed by atoms with van der Waals surface area (Å²) in [4.78, 5) is 26.2. The van der Waals surface area contributed by atoms with Crippen LogP contribution in [0.25, 0.3) is 0 Å². The van der Waals surface area contributed by atoms with Crippen LogP contribution >= 0.6 is 0 Å². The van der Waals surface area contributed by atoms with Crippen LogP contribution in [0, 0.1) is 0 Å². The Hall–Kier alpha value is -1.89. The molecular formula is C11H14N2O5. The number of hydrogen-bond donors (Lipinski definition) is 3. The molecule has 1 aliphatic heterocycles. The Morgan fingerprint density at radius 1 is 1.39 bits per heavy atom. The lowest BCUT2D eigenvalue weighted by Crippen LogP contribution is -2.27. The highest BCUT2D eigenvalue weighted by Gasteiger charge is 2.32. The van der Waals surface area contributed by atoms with Crippen molar-refractivity contribution in [1.82, 2.24) is 9.55 Å². The number of aliphatic carboxylic acids is 1. The van der Waals surface area contributed by atoms with Crippen LogP contribution < -0.4 is 0 Å². The molecular weight excluding hydrogens is 240 g/mol. The van der Waals surface area contributed by atoms with E-state index in [2.05, 4.69) is 4.98 Å². The molecule has 0 aromatic carbocycles. The zero-order chi connectivity index (χ0) is 13.3. The Kier molecular flexibility index (Phi) is 3.33. The third-order valence-electron chi connectivity index (χ3n) is 3.11. The molecule has 2 rings (SSSR count). The summed E-state index contributed by atoms with van der Waals surface area (Å²) < 4.78 is 1.46. The van der Waals surface area contributed by atoms with E-state index in [9.17, 15) is 9.59 Å². The summed E-state index contributed by atoms with van der Waals surface area (Å²) in [6.07, 6.45) is 1.74. The fourth-order valence-corrected chi connectivity index (χ4v) is 2.40. The molecule has 7 nitrogen and oxygen atoms in total. The molecule has 0 radical (unpaired) electrons. The van der Waals surface area contributed by atoms with Crippen LogP contribution in [0.2, 0.25) is 0 Å². The van der Waals surface area contributed by atoms with Crippen molar-refractivity contribution in [3.05, 3.63) is 17.2 Å². The minimum absolute atomic E-state index is 0.0931. The number of aliphatic hydroxyl groups is 1. The highest BCUT2D eigenvalue weighted by molar-refractivity contribution is 5.87. The Morgan fingerprint density at radius 2 is 2.11 bits per heavy atom. The number of imidazole rings is 1. The van der Waals surface area contributed by atoms with Crippen molar-refractivity contribution in [3.63, 3.8) is 0 Å². The highest BCUT2D eigenvalue weighted by Crippen LogP contribution is 2.29. The van der Waals surface area contributed by atoms with Gasteiger partial charge in [-0.1, -0.05) is 0 Å². The molecule has 0 spiro atoms. The normalized spacial score (nSPS) is 18.4.